The summed E-state index contributed by atoms with van der Waals surface area (Å²) >= 11 is 0. The standard InChI is InChI=1S/C23H31N9O2/c1-6-8-17(7-2)32(21-15(5)9-10-18(26-21)22(33)25-14(3)4)23(34)27-19-13-16(11-12-24-19)20-28-30-31-29-20/h9-14,17H,6-8H2,1-5H3,(H,25,33)(H,24,27,34)(H,28,29,30,31). The monoisotopic (exact) mass is 465 g/mol. The number of aryl methyl sites for hydroxylation is 1. The molecule has 0 saturated heterocycles. The Labute approximate surface area is 198 Å². The SMILES string of the molecule is CCCC(CC)N(C(=O)Nc1cc(-c2nn[nH]n2)ccn1)c1nc(C(=O)NC(C)C)ccc1C. The summed E-state index contributed by atoms with van der Waals surface area (Å²) in [5, 5.41) is 19.6. The van der Waals surface area contributed by atoms with Crippen molar-refractivity contribution in [3.05, 3.63) is 41.7 Å². The van der Waals surface area contributed by atoms with E-state index in [0.29, 0.717) is 23.0 Å². The van der Waals surface area contributed by atoms with Crippen molar-refractivity contribution in [2.45, 2.75) is 66.0 Å². The van der Waals surface area contributed by atoms with Crippen LogP contribution < -0.4 is 15.5 Å². The predicted molar refractivity (Wildman–Crippen MR) is 129 cm³/mol. The zero-order valence-corrected chi connectivity index (χ0v) is 20.2. The molecule has 1 unspecified atom stereocenters. The van der Waals surface area contributed by atoms with Crippen LogP contribution in [0.5, 0.6) is 0 Å². The number of hydrogen-bond donors (Lipinski definition) is 3. The van der Waals surface area contributed by atoms with E-state index in [1.165, 1.54) is 0 Å². The zero-order chi connectivity index (χ0) is 24.7. The highest BCUT2D eigenvalue weighted by Gasteiger charge is 2.28. The molecule has 3 rings (SSSR count). The maximum atomic E-state index is 13.6. The molecule has 0 saturated carbocycles. The summed E-state index contributed by atoms with van der Waals surface area (Å²) in [6, 6.07) is 6.37. The number of hydrogen-bond acceptors (Lipinski definition) is 7. The lowest BCUT2D eigenvalue weighted by Gasteiger charge is -2.31. The van der Waals surface area contributed by atoms with Crippen LogP contribution in [0.3, 0.4) is 0 Å². The second kappa shape index (κ2) is 11.3. The van der Waals surface area contributed by atoms with Gasteiger partial charge in [-0.3, -0.25) is 15.0 Å². The van der Waals surface area contributed by atoms with Crippen LogP contribution in [0, 0.1) is 6.92 Å². The minimum absolute atomic E-state index is 0.0282. The summed E-state index contributed by atoms with van der Waals surface area (Å²) in [5.74, 6) is 0.904. The summed E-state index contributed by atoms with van der Waals surface area (Å²) in [6.07, 6.45) is 3.96. The van der Waals surface area contributed by atoms with Crippen LogP contribution in [-0.2, 0) is 0 Å². The normalized spacial score (nSPS) is 11.8. The van der Waals surface area contributed by atoms with Crippen LogP contribution >= 0.6 is 0 Å². The Balaban J connectivity index is 1.96. The maximum absolute atomic E-state index is 13.6. The number of urea groups is 1. The fourth-order valence-electron chi connectivity index (χ4n) is 3.60. The van der Waals surface area contributed by atoms with Crippen molar-refractivity contribution >= 4 is 23.6 Å². The van der Waals surface area contributed by atoms with Crippen LogP contribution in [0.2, 0.25) is 0 Å². The first-order valence-corrected chi connectivity index (χ1v) is 11.4. The average Bonchev–Trinajstić information content (AvgIpc) is 3.34. The van der Waals surface area contributed by atoms with E-state index >= 15 is 0 Å². The summed E-state index contributed by atoms with van der Waals surface area (Å²) in [4.78, 5) is 36.7. The number of pyridine rings is 2. The lowest BCUT2D eigenvalue weighted by atomic mass is 10.1. The Morgan fingerprint density at radius 2 is 1.97 bits per heavy atom. The molecule has 0 fully saturated rings. The second-order valence-corrected chi connectivity index (χ2v) is 8.28. The molecule has 3 N–H and O–H groups in total. The third-order valence-corrected chi connectivity index (χ3v) is 5.23. The van der Waals surface area contributed by atoms with Crippen molar-refractivity contribution in [1.82, 2.24) is 35.9 Å². The lowest BCUT2D eigenvalue weighted by Crippen LogP contribution is -2.44. The highest BCUT2D eigenvalue weighted by molar-refractivity contribution is 6.02. The van der Waals surface area contributed by atoms with E-state index in [0.717, 1.165) is 24.8 Å². The molecule has 0 radical (unpaired) electrons. The number of tetrazole rings is 1. The fourth-order valence-corrected chi connectivity index (χ4v) is 3.60. The van der Waals surface area contributed by atoms with Crippen LogP contribution in [0.15, 0.2) is 30.5 Å². The highest BCUT2D eigenvalue weighted by Crippen LogP contribution is 2.25. The Hall–Kier alpha value is -3.89. The number of nitrogens with one attached hydrogen (secondary N) is 3. The topological polar surface area (TPSA) is 142 Å². The summed E-state index contributed by atoms with van der Waals surface area (Å²) in [6.45, 7) is 9.75. The summed E-state index contributed by atoms with van der Waals surface area (Å²) < 4.78 is 0. The van der Waals surface area contributed by atoms with Crippen molar-refractivity contribution in [3.8, 4) is 11.4 Å². The van der Waals surface area contributed by atoms with E-state index in [1.807, 2.05) is 33.8 Å². The largest absolute Gasteiger partial charge is 0.349 e. The Kier molecular flexibility index (Phi) is 8.23. The molecule has 34 heavy (non-hydrogen) atoms. The van der Waals surface area contributed by atoms with E-state index < -0.39 is 0 Å². The first kappa shape index (κ1) is 24.7. The van der Waals surface area contributed by atoms with Gasteiger partial charge in [-0.15, -0.1) is 10.2 Å². The molecule has 180 valence electrons. The van der Waals surface area contributed by atoms with E-state index in [-0.39, 0.29) is 29.7 Å². The molecule has 0 aliphatic carbocycles. The van der Waals surface area contributed by atoms with Gasteiger partial charge in [0.15, 0.2) is 0 Å². The Morgan fingerprint density at radius 1 is 1.18 bits per heavy atom. The number of anilines is 2. The van der Waals surface area contributed by atoms with E-state index in [9.17, 15) is 9.59 Å². The van der Waals surface area contributed by atoms with Gasteiger partial charge < -0.3 is 5.32 Å². The van der Waals surface area contributed by atoms with Crippen molar-refractivity contribution in [2.24, 2.45) is 0 Å². The lowest BCUT2D eigenvalue weighted by molar-refractivity contribution is 0.0938. The number of carbonyl (C=O) groups excluding carboxylic acids is 2. The maximum Gasteiger partial charge on any atom is 0.328 e. The van der Waals surface area contributed by atoms with Crippen LogP contribution in [0.4, 0.5) is 16.4 Å². The molecule has 11 nitrogen and oxygen atoms in total. The van der Waals surface area contributed by atoms with Crippen molar-refractivity contribution in [3.63, 3.8) is 0 Å². The van der Waals surface area contributed by atoms with E-state index in [1.54, 1.807) is 29.3 Å². The van der Waals surface area contributed by atoms with Gasteiger partial charge in [-0.2, -0.15) is 5.21 Å². The van der Waals surface area contributed by atoms with Gasteiger partial charge in [0.2, 0.25) is 5.82 Å². The number of aromatic amines is 1. The molecule has 11 heteroatoms. The van der Waals surface area contributed by atoms with Gasteiger partial charge in [0.25, 0.3) is 5.91 Å². The van der Waals surface area contributed by atoms with Crippen LogP contribution in [0.1, 0.15) is 63.0 Å². The molecule has 0 spiro atoms. The predicted octanol–water partition coefficient (Wildman–Crippen LogP) is 3.72. The van der Waals surface area contributed by atoms with Gasteiger partial charge in [0.05, 0.1) is 0 Å². The van der Waals surface area contributed by atoms with Crippen molar-refractivity contribution in [2.75, 3.05) is 10.2 Å². The third-order valence-electron chi connectivity index (χ3n) is 5.23. The smallest absolute Gasteiger partial charge is 0.328 e. The minimum Gasteiger partial charge on any atom is -0.349 e. The molecule has 0 bridgehead atoms. The molecule has 0 aromatic carbocycles. The molecular weight excluding hydrogens is 434 g/mol. The van der Waals surface area contributed by atoms with E-state index in [4.69, 9.17) is 0 Å². The van der Waals surface area contributed by atoms with E-state index in [2.05, 4.69) is 48.1 Å². The second-order valence-electron chi connectivity index (χ2n) is 8.28. The molecular formula is C23H31N9O2. The number of carbonyl (C=O) groups is 2. The minimum atomic E-state index is -0.380. The first-order chi connectivity index (χ1) is 16.3. The highest BCUT2D eigenvalue weighted by atomic mass is 16.2. The quantitative estimate of drug-likeness (QED) is 0.437. The van der Waals surface area contributed by atoms with Gasteiger partial charge in [-0.1, -0.05) is 26.3 Å². The number of nitrogens with zero attached hydrogens (tertiary/aromatic N) is 6. The first-order valence-electron chi connectivity index (χ1n) is 11.4. The number of amides is 3. The van der Waals surface area contributed by atoms with Gasteiger partial charge in [-0.05, 0) is 62.6 Å². The van der Waals surface area contributed by atoms with Crippen molar-refractivity contribution < 1.29 is 9.59 Å². The number of rotatable bonds is 9. The molecule has 1 atom stereocenters. The van der Waals surface area contributed by atoms with Gasteiger partial charge in [0, 0.05) is 23.8 Å². The van der Waals surface area contributed by atoms with Crippen LogP contribution in [-0.4, -0.2) is 54.6 Å². The number of aromatic nitrogens is 6. The molecule has 0 aliphatic heterocycles. The average molecular weight is 466 g/mol. The number of H-pyrrole nitrogens is 1. The summed E-state index contributed by atoms with van der Waals surface area (Å²) in [7, 11) is 0. The Morgan fingerprint density at radius 3 is 2.62 bits per heavy atom. The molecule has 3 aromatic heterocycles. The molecule has 3 amide bonds. The zero-order valence-electron chi connectivity index (χ0n) is 20.2. The third kappa shape index (κ3) is 5.91. The Bertz CT molecular complexity index is 1120. The van der Waals surface area contributed by atoms with Crippen molar-refractivity contribution in [1.29, 1.82) is 0 Å². The molecule has 3 aromatic rings. The summed E-state index contributed by atoms with van der Waals surface area (Å²) in [5.41, 5.74) is 1.71. The van der Waals surface area contributed by atoms with Gasteiger partial charge in [0.1, 0.15) is 17.3 Å². The molecule has 0 aliphatic rings. The van der Waals surface area contributed by atoms with Gasteiger partial charge >= 0.3 is 6.03 Å². The van der Waals surface area contributed by atoms with Gasteiger partial charge in [-0.25, -0.2) is 14.8 Å². The van der Waals surface area contributed by atoms with Crippen LogP contribution in [0.25, 0.3) is 11.4 Å². The molecule has 3 heterocycles. The fraction of sp³-hybridized carbons (Fsp3) is 0.435.